The van der Waals surface area contributed by atoms with E-state index in [1.165, 1.54) is 0 Å². The van der Waals surface area contributed by atoms with Gasteiger partial charge in [-0.05, 0) is 37.3 Å². The fraction of sp³-hybridized carbons (Fsp3) is 0.407. The van der Waals surface area contributed by atoms with E-state index in [1.54, 1.807) is 4.90 Å². The first kappa shape index (κ1) is 23.8. The van der Waals surface area contributed by atoms with Gasteiger partial charge in [-0.3, -0.25) is 0 Å². The standard InChI is InChI=1S/C27H34N4O3/c1-30(2)25-18-26(29-24-11-7-6-10-23(24)25)28-21-12-14-22(15-13-21)31(27(32)33)16-17-34-19-20-8-4-3-5-9-20/h3-11,18,21-22H,12-17,19H2,1-2H3,(H,28,29)(H,32,33). The lowest BCUT2D eigenvalue weighted by Gasteiger charge is -2.35. The summed E-state index contributed by atoms with van der Waals surface area (Å²) in [7, 11) is 4.08. The summed E-state index contributed by atoms with van der Waals surface area (Å²) >= 11 is 0. The summed E-state index contributed by atoms with van der Waals surface area (Å²) in [6, 6.07) is 20.5. The van der Waals surface area contributed by atoms with Crippen LogP contribution in [0.1, 0.15) is 31.2 Å². The normalized spacial score (nSPS) is 17.9. The number of anilines is 2. The highest BCUT2D eigenvalue weighted by Crippen LogP contribution is 2.30. The molecule has 34 heavy (non-hydrogen) atoms. The molecule has 2 aromatic carbocycles. The van der Waals surface area contributed by atoms with E-state index in [9.17, 15) is 9.90 Å². The lowest BCUT2D eigenvalue weighted by atomic mass is 9.90. The van der Waals surface area contributed by atoms with Crippen molar-refractivity contribution in [1.29, 1.82) is 0 Å². The summed E-state index contributed by atoms with van der Waals surface area (Å²) in [6.07, 6.45) is 2.61. The van der Waals surface area contributed by atoms with Gasteiger partial charge in [-0.2, -0.15) is 0 Å². The van der Waals surface area contributed by atoms with E-state index in [4.69, 9.17) is 9.72 Å². The van der Waals surface area contributed by atoms with Crippen LogP contribution >= 0.6 is 0 Å². The summed E-state index contributed by atoms with van der Waals surface area (Å²) < 4.78 is 5.73. The molecule has 0 unspecified atom stereocenters. The number of pyridine rings is 1. The van der Waals surface area contributed by atoms with E-state index in [0.717, 1.165) is 53.7 Å². The molecule has 0 atom stereocenters. The minimum absolute atomic E-state index is 0.0257. The van der Waals surface area contributed by atoms with E-state index in [2.05, 4.69) is 22.3 Å². The number of amides is 1. The summed E-state index contributed by atoms with van der Waals surface area (Å²) in [4.78, 5) is 20.4. The maximum absolute atomic E-state index is 11.9. The Kier molecular flexibility index (Phi) is 7.85. The molecule has 0 radical (unpaired) electrons. The molecule has 7 heteroatoms. The third kappa shape index (κ3) is 5.97. The molecule has 1 fully saturated rings. The molecule has 1 aliphatic rings. The smallest absolute Gasteiger partial charge is 0.407 e. The van der Waals surface area contributed by atoms with Crippen LogP contribution in [-0.4, -0.2) is 60.4 Å². The quantitative estimate of drug-likeness (QED) is 0.425. The van der Waals surface area contributed by atoms with Gasteiger partial charge in [0.25, 0.3) is 0 Å². The number of rotatable bonds is 9. The molecule has 0 aliphatic heterocycles. The Labute approximate surface area is 201 Å². The number of nitrogens with zero attached hydrogens (tertiary/aromatic N) is 3. The van der Waals surface area contributed by atoms with Crippen LogP contribution in [-0.2, 0) is 11.3 Å². The Morgan fingerprint density at radius 1 is 1.06 bits per heavy atom. The van der Waals surface area contributed by atoms with Crippen LogP contribution in [0.5, 0.6) is 0 Å². The maximum atomic E-state index is 11.9. The van der Waals surface area contributed by atoms with E-state index in [1.807, 2.05) is 62.6 Å². The highest BCUT2D eigenvalue weighted by atomic mass is 16.5. The molecule has 1 heterocycles. The number of hydrogen-bond donors (Lipinski definition) is 2. The van der Waals surface area contributed by atoms with Crippen molar-refractivity contribution in [3.63, 3.8) is 0 Å². The highest BCUT2D eigenvalue weighted by Gasteiger charge is 2.29. The molecule has 0 spiro atoms. The van der Waals surface area contributed by atoms with Crippen molar-refractivity contribution in [3.8, 4) is 0 Å². The summed E-state index contributed by atoms with van der Waals surface area (Å²) in [6.45, 7) is 1.29. The van der Waals surface area contributed by atoms with Crippen LogP contribution < -0.4 is 10.2 Å². The van der Waals surface area contributed by atoms with Crippen molar-refractivity contribution in [3.05, 3.63) is 66.2 Å². The van der Waals surface area contributed by atoms with Gasteiger partial charge in [0.2, 0.25) is 0 Å². The second kappa shape index (κ2) is 11.2. The third-order valence-corrected chi connectivity index (χ3v) is 6.50. The SMILES string of the molecule is CN(C)c1cc(NC2CCC(N(CCOCc3ccccc3)C(=O)O)CC2)nc2ccccc12. The molecule has 3 aromatic rings. The molecule has 0 saturated heterocycles. The van der Waals surface area contributed by atoms with Crippen molar-refractivity contribution in [2.24, 2.45) is 0 Å². The molecule has 180 valence electrons. The zero-order chi connectivity index (χ0) is 23.9. The molecule has 1 saturated carbocycles. The molecule has 1 aromatic heterocycles. The van der Waals surface area contributed by atoms with Gasteiger partial charge in [-0.25, -0.2) is 9.78 Å². The number of carbonyl (C=O) groups is 1. The number of aromatic nitrogens is 1. The lowest BCUT2D eigenvalue weighted by molar-refractivity contribution is 0.0636. The minimum Gasteiger partial charge on any atom is -0.465 e. The third-order valence-electron chi connectivity index (χ3n) is 6.50. The molecular weight excluding hydrogens is 428 g/mol. The minimum atomic E-state index is -0.869. The first-order valence-corrected chi connectivity index (χ1v) is 12.0. The van der Waals surface area contributed by atoms with Gasteiger partial charge in [0.15, 0.2) is 0 Å². The van der Waals surface area contributed by atoms with Crippen LogP contribution in [0.15, 0.2) is 60.7 Å². The molecule has 4 rings (SSSR count). The Balaban J connectivity index is 1.30. The van der Waals surface area contributed by atoms with Gasteiger partial charge in [0.1, 0.15) is 5.82 Å². The first-order valence-electron chi connectivity index (χ1n) is 12.0. The Bertz CT molecular complexity index is 1080. The maximum Gasteiger partial charge on any atom is 0.407 e. The van der Waals surface area contributed by atoms with Crippen molar-refractivity contribution in [1.82, 2.24) is 9.88 Å². The number of hydrogen-bond acceptors (Lipinski definition) is 5. The largest absolute Gasteiger partial charge is 0.465 e. The predicted molar refractivity (Wildman–Crippen MR) is 137 cm³/mol. The molecule has 1 aliphatic carbocycles. The van der Waals surface area contributed by atoms with Gasteiger partial charge >= 0.3 is 6.09 Å². The number of ether oxygens (including phenoxy) is 1. The van der Waals surface area contributed by atoms with E-state index in [0.29, 0.717) is 19.8 Å². The van der Waals surface area contributed by atoms with E-state index < -0.39 is 6.09 Å². The van der Waals surface area contributed by atoms with Gasteiger partial charge in [-0.1, -0.05) is 48.5 Å². The summed E-state index contributed by atoms with van der Waals surface area (Å²) in [5.41, 5.74) is 3.20. The predicted octanol–water partition coefficient (Wildman–Crippen LogP) is 5.22. The van der Waals surface area contributed by atoms with Crippen LogP contribution in [0.25, 0.3) is 10.9 Å². The highest BCUT2D eigenvalue weighted by molar-refractivity contribution is 5.93. The Hall–Kier alpha value is -3.32. The van der Waals surface area contributed by atoms with Gasteiger partial charge < -0.3 is 25.0 Å². The molecule has 0 bridgehead atoms. The van der Waals surface area contributed by atoms with Crippen LogP contribution in [0, 0.1) is 0 Å². The molecule has 7 nitrogen and oxygen atoms in total. The van der Waals surface area contributed by atoms with Crippen molar-refractivity contribution in [2.75, 3.05) is 37.5 Å². The second-order valence-corrected chi connectivity index (χ2v) is 9.10. The zero-order valence-corrected chi connectivity index (χ0v) is 20.0. The average Bonchev–Trinajstić information content (AvgIpc) is 2.84. The molecular formula is C27H34N4O3. The molecule has 1 amide bonds. The number of para-hydroxylation sites is 1. The first-order chi connectivity index (χ1) is 16.5. The van der Waals surface area contributed by atoms with Crippen LogP contribution in [0.4, 0.5) is 16.3 Å². The van der Waals surface area contributed by atoms with Crippen molar-refractivity contribution in [2.45, 2.75) is 44.4 Å². The fourth-order valence-electron chi connectivity index (χ4n) is 4.70. The Morgan fingerprint density at radius 2 is 1.76 bits per heavy atom. The topological polar surface area (TPSA) is 77.9 Å². The average molecular weight is 463 g/mol. The summed E-state index contributed by atoms with van der Waals surface area (Å²) in [5.74, 6) is 0.871. The number of carboxylic acid groups (broad SMARTS) is 1. The number of fused-ring (bicyclic) bond motifs is 1. The fourth-order valence-corrected chi connectivity index (χ4v) is 4.70. The summed E-state index contributed by atoms with van der Waals surface area (Å²) in [5, 5.41) is 14.5. The van der Waals surface area contributed by atoms with Gasteiger partial charge in [-0.15, -0.1) is 0 Å². The van der Waals surface area contributed by atoms with Gasteiger partial charge in [0.05, 0.1) is 18.7 Å². The van der Waals surface area contributed by atoms with E-state index >= 15 is 0 Å². The molecule has 2 N–H and O–H groups in total. The number of benzene rings is 2. The monoisotopic (exact) mass is 462 g/mol. The van der Waals surface area contributed by atoms with Crippen molar-refractivity contribution < 1.29 is 14.6 Å². The van der Waals surface area contributed by atoms with Gasteiger partial charge in [0, 0.05) is 49.9 Å². The zero-order valence-electron chi connectivity index (χ0n) is 20.0. The van der Waals surface area contributed by atoms with Crippen molar-refractivity contribution >= 4 is 28.5 Å². The van der Waals surface area contributed by atoms with Crippen LogP contribution in [0.3, 0.4) is 0 Å². The number of nitrogens with one attached hydrogen (secondary N) is 1. The second-order valence-electron chi connectivity index (χ2n) is 9.10. The van der Waals surface area contributed by atoms with E-state index in [-0.39, 0.29) is 12.1 Å². The lowest BCUT2D eigenvalue weighted by Crippen LogP contribution is -2.45. The van der Waals surface area contributed by atoms with Crippen LogP contribution in [0.2, 0.25) is 0 Å². The Morgan fingerprint density at radius 3 is 2.47 bits per heavy atom.